The van der Waals surface area contributed by atoms with Crippen molar-refractivity contribution in [1.29, 1.82) is 0 Å². The van der Waals surface area contributed by atoms with E-state index >= 15 is 0 Å². The van der Waals surface area contributed by atoms with Gasteiger partial charge in [0.05, 0.1) is 0 Å². The van der Waals surface area contributed by atoms with Gasteiger partial charge in [-0.3, -0.25) is 0 Å². The van der Waals surface area contributed by atoms with Gasteiger partial charge in [0.2, 0.25) is 0 Å². The van der Waals surface area contributed by atoms with Crippen LogP contribution in [0.5, 0.6) is 0 Å². The van der Waals surface area contributed by atoms with E-state index in [1.807, 2.05) is 6.92 Å². The van der Waals surface area contributed by atoms with Crippen molar-refractivity contribution in [3.8, 4) is 0 Å². The third kappa shape index (κ3) is 3.16. The lowest BCUT2D eigenvalue weighted by molar-refractivity contribution is 0.815. The van der Waals surface area contributed by atoms with Crippen LogP contribution in [0.4, 0.5) is 0 Å². The predicted octanol–water partition coefficient (Wildman–Crippen LogP) is 4.93. The van der Waals surface area contributed by atoms with E-state index in [2.05, 4.69) is 65.3 Å². The highest BCUT2D eigenvalue weighted by molar-refractivity contribution is 9.10. The first-order valence-electron chi connectivity index (χ1n) is 5.86. The molecule has 0 aromatic heterocycles. The van der Waals surface area contributed by atoms with E-state index in [-0.39, 0.29) is 6.04 Å². The average molecular weight is 322 g/mol. The lowest BCUT2D eigenvalue weighted by Crippen LogP contribution is -2.04. The minimum Gasteiger partial charge on any atom is -0.324 e. The second-order valence-electron chi connectivity index (χ2n) is 4.35. The number of aryl methyl sites for hydroxylation is 1. The van der Waals surface area contributed by atoms with Crippen LogP contribution in [-0.4, -0.2) is 0 Å². The molecule has 0 amide bonds. The monoisotopic (exact) mass is 321 g/mol. The fraction of sp³-hybridized carbons (Fsp3) is 0.200. The summed E-state index contributed by atoms with van der Waals surface area (Å²) < 4.78 is 1.10. The maximum atomic E-state index is 5.88. The van der Waals surface area contributed by atoms with Crippen LogP contribution in [0.15, 0.2) is 56.7 Å². The van der Waals surface area contributed by atoms with E-state index in [9.17, 15) is 0 Å². The SMILES string of the molecule is Cc1ccccc1Sc1ccc([C@@H](C)N)cc1Br. The summed E-state index contributed by atoms with van der Waals surface area (Å²) in [5.74, 6) is 0. The Labute approximate surface area is 121 Å². The topological polar surface area (TPSA) is 26.0 Å². The summed E-state index contributed by atoms with van der Waals surface area (Å²) in [5.41, 5.74) is 8.33. The van der Waals surface area contributed by atoms with Gasteiger partial charge < -0.3 is 5.73 Å². The van der Waals surface area contributed by atoms with Crippen LogP contribution in [0, 0.1) is 6.92 Å². The van der Waals surface area contributed by atoms with Gasteiger partial charge in [0.15, 0.2) is 0 Å². The summed E-state index contributed by atoms with van der Waals surface area (Å²) in [6, 6.07) is 14.8. The van der Waals surface area contributed by atoms with Gasteiger partial charge in [-0.2, -0.15) is 0 Å². The molecule has 0 spiro atoms. The van der Waals surface area contributed by atoms with E-state index in [4.69, 9.17) is 5.73 Å². The Morgan fingerprint density at radius 2 is 1.83 bits per heavy atom. The molecule has 2 aromatic carbocycles. The van der Waals surface area contributed by atoms with Crippen molar-refractivity contribution in [3.63, 3.8) is 0 Å². The zero-order chi connectivity index (χ0) is 13.1. The summed E-state index contributed by atoms with van der Waals surface area (Å²) in [4.78, 5) is 2.50. The first kappa shape index (κ1) is 13.7. The summed E-state index contributed by atoms with van der Waals surface area (Å²) in [7, 11) is 0. The molecule has 1 atom stereocenters. The van der Waals surface area contributed by atoms with Crippen LogP contribution in [0.1, 0.15) is 24.1 Å². The summed E-state index contributed by atoms with van der Waals surface area (Å²) >= 11 is 5.39. The Bertz CT molecular complexity index is 552. The van der Waals surface area contributed by atoms with E-state index in [0.29, 0.717) is 0 Å². The smallest absolute Gasteiger partial charge is 0.0318 e. The highest BCUT2D eigenvalue weighted by atomic mass is 79.9. The fourth-order valence-electron chi connectivity index (χ4n) is 1.67. The molecule has 0 aliphatic rings. The quantitative estimate of drug-likeness (QED) is 0.867. The molecule has 2 aromatic rings. The molecule has 2 rings (SSSR count). The lowest BCUT2D eigenvalue weighted by atomic mass is 10.1. The molecule has 0 unspecified atom stereocenters. The van der Waals surface area contributed by atoms with E-state index in [1.54, 1.807) is 11.8 Å². The standard InChI is InChI=1S/C15H16BrNS/c1-10-5-3-4-6-14(10)18-15-8-7-12(11(2)17)9-13(15)16/h3-9,11H,17H2,1-2H3/t11-/m1/s1. The van der Waals surface area contributed by atoms with E-state index in [0.717, 1.165) is 10.0 Å². The molecule has 0 saturated heterocycles. The van der Waals surface area contributed by atoms with Crippen molar-refractivity contribution in [1.82, 2.24) is 0 Å². The maximum absolute atomic E-state index is 5.88. The average Bonchev–Trinajstić information content (AvgIpc) is 2.34. The van der Waals surface area contributed by atoms with Crippen molar-refractivity contribution < 1.29 is 0 Å². The van der Waals surface area contributed by atoms with Gasteiger partial charge in [0.1, 0.15) is 0 Å². The van der Waals surface area contributed by atoms with E-state index in [1.165, 1.54) is 15.4 Å². The van der Waals surface area contributed by atoms with Gasteiger partial charge in [-0.05, 0) is 59.1 Å². The van der Waals surface area contributed by atoms with Crippen LogP contribution in [-0.2, 0) is 0 Å². The second kappa shape index (κ2) is 5.91. The molecular formula is C15H16BrNS. The zero-order valence-corrected chi connectivity index (χ0v) is 12.9. The molecule has 1 nitrogen and oxygen atoms in total. The minimum atomic E-state index is 0.0683. The lowest BCUT2D eigenvalue weighted by Gasteiger charge is -2.10. The molecule has 0 aliphatic carbocycles. The molecule has 0 fully saturated rings. The van der Waals surface area contributed by atoms with Crippen molar-refractivity contribution in [2.75, 3.05) is 0 Å². The molecular weight excluding hydrogens is 306 g/mol. The normalized spacial score (nSPS) is 12.4. The number of hydrogen-bond acceptors (Lipinski definition) is 2. The first-order valence-corrected chi connectivity index (χ1v) is 7.47. The summed E-state index contributed by atoms with van der Waals surface area (Å²) in [6.07, 6.45) is 0. The zero-order valence-electron chi connectivity index (χ0n) is 10.5. The Hall–Kier alpha value is -0.770. The van der Waals surface area contributed by atoms with Crippen LogP contribution >= 0.6 is 27.7 Å². The molecule has 0 radical (unpaired) electrons. The maximum Gasteiger partial charge on any atom is 0.0318 e. The van der Waals surface area contributed by atoms with Crippen LogP contribution in [0.3, 0.4) is 0 Å². The van der Waals surface area contributed by atoms with Crippen molar-refractivity contribution in [3.05, 3.63) is 58.1 Å². The van der Waals surface area contributed by atoms with Crippen LogP contribution < -0.4 is 5.73 Å². The van der Waals surface area contributed by atoms with Crippen molar-refractivity contribution >= 4 is 27.7 Å². The van der Waals surface area contributed by atoms with Gasteiger partial charge >= 0.3 is 0 Å². The van der Waals surface area contributed by atoms with Gasteiger partial charge in [-0.1, -0.05) is 36.0 Å². The Balaban J connectivity index is 2.28. The largest absolute Gasteiger partial charge is 0.324 e. The van der Waals surface area contributed by atoms with Gasteiger partial charge in [-0.25, -0.2) is 0 Å². The molecule has 0 saturated carbocycles. The predicted molar refractivity (Wildman–Crippen MR) is 82.0 cm³/mol. The summed E-state index contributed by atoms with van der Waals surface area (Å²) in [6.45, 7) is 4.13. The molecule has 94 valence electrons. The molecule has 3 heteroatoms. The molecule has 2 N–H and O–H groups in total. The van der Waals surface area contributed by atoms with Crippen molar-refractivity contribution in [2.45, 2.75) is 29.7 Å². The van der Waals surface area contributed by atoms with Gasteiger partial charge in [0.25, 0.3) is 0 Å². The first-order chi connectivity index (χ1) is 8.58. The van der Waals surface area contributed by atoms with Gasteiger partial charge in [-0.15, -0.1) is 0 Å². The number of benzene rings is 2. The molecule has 0 heterocycles. The highest BCUT2D eigenvalue weighted by Crippen LogP contribution is 2.36. The molecule has 0 aliphatic heterocycles. The number of rotatable bonds is 3. The Morgan fingerprint density at radius 3 is 2.44 bits per heavy atom. The van der Waals surface area contributed by atoms with Crippen LogP contribution in [0.25, 0.3) is 0 Å². The Kier molecular flexibility index (Phi) is 4.49. The Morgan fingerprint density at radius 1 is 1.11 bits per heavy atom. The second-order valence-corrected chi connectivity index (χ2v) is 6.28. The number of halogens is 1. The third-order valence-corrected chi connectivity index (χ3v) is 4.97. The van der Waals surface area contributed by atoms with Crippen molar-refractivity contribution in [2.24, 2.45) is 5.73 Å². The molecule has 0 bridgehead atoms. The minimum absolute atomic E-state index is 0.0683. The summed E-state index contributed by atoms with van der Waals surface area (Å²) in [5, 5.41) is 0. The third-order valence-electron chi connectivity index (χ3n) is 2.80. The van der Waals surface area contributed by atoms with E-state index < -0.39 is 0 Å². The number of nitrogens with two attached hydrogens (primary N) is 1. The molecule has 18 heavy (non-hydrogen) atoms. The highest BCUT2D eigenvalue weighted by Gasteiger charge is 2.07. The van der Waals surface area contributed by atoms with Crippen LogP contribution in [0.2, 0.25) is 0 Å². The van der Waals surface area contributed by atoms with Gasteiger partial charge in [0, 0.05) is 20.3 Å². The fourth-order valence-corrected chi connectivity index (χ4v) is 3.22. The number of hydrogen-bond donors (Lipinski definition) is 1.